The molecule has 4 heteroatoms. The number of carbonyl (C=O) groups is 1. The Labute approximate surface area is 107 Å². The summed E-state index contributed by atoms with van der Waals surface area (Å²) in [7, 11) is 0. The molecular weight excluding hydrogens is 228 g/mol. The van der Waals surface area contributed by atoms with Crippen LogP contribution in [0.2, 0.25) is 0 Å². The standard InChI is InChI=1S/C14H16N2O2/c15-11-12-4-6-13(7-5-12)18-10-2-9-16-8-1-3-14(16)17/h4-7H,1-3,8-10H2. The van der Waals surface area contributed by atoms with E-state index in [1.54, 1.807) is 24.3 Å². The van der Waals surface area contributed by atoms with Crippen molar-refractivity contribution in [3.05, 3.63) is 29.8 Å². The van der Waals surface area contributed by atoms with E-state index in [2.05, 4.69) is 6.07 Å². The third-order valence-corrected chi connectivity index (χ3v) is 3.00. The summed E-state index contributed by atoms with van der Waals surface area (Å²) in [6.07, 6.45) is 2.51. The second-order valence-corrected chi connectivity index (χ2v) is 4.32. The summed E-state index contributed by atoms with van der Waals surface area (Å²) in [5, 5.41) is 8.66. The third-order valence-electron chi connectivity index (χ3n) is 3.00. The van der Waals surface area contributed by atoms with Crippen molar-refractivity contribution in [2.75, 3.05) is 19.7 Å². The van der Waals surface area contributed by atoms with Crippen LogP contribution in [0.4, 0.5) is 0 Å². The van der Waals surface area contributed by atoms with Crippen molar-refractivity contribution in [3.63, 3.8) is 0 Å². The Morgan fingerprint density at radius 1 is 1.33 bits per heavy atom. The number of carbonyl (C=O) groups excluding carboxylic acids is 1. The zero-order chi connectivity index (χ0) is 12.8. The molecule has 2 rings (SSSR count). The Morgan fingerprint density at radius 2 is 2.11 bits per heavy atom. The van der Waals surface area contributed by atoms with Gasteiger partial charge in [-0.1, -0.05) is 0 Å². The topological polar surface area (TPSA) is 53.3 Å². The Kier molecular flexibility index (Phi) is 4.19. The second kappa shape index (κ2) is 6.06. The minimum atomic E-state index is 0.258. The molecule has 0 spiro atoms. The van der Waals surface area contributed by atoms with Crippen LogP contribution in [0.5, 0.6) is 5.75 Å². The van der Waals surface area contributed by atoms with E-state index in [9.17, 15) is 4.79 Å². The van der Waals surface area contributed by atoms with Gasteiger partial charge in [-0.15, -0.1) is 0 Å². The molecule has 18 heavy (non-hydrogen) atoms. The molecule has 1 aromatic rings. The molecule has 0 aliphatic carbocycles. The molecule has 1 heterocycles. The zero-order valence-corrected chi connectivity index (χ0v) is 10.3. The van der Waals surface area contributed by atoms with Crippen molar-refractivity contribution in [1.29, 1.82) is 5.26 Å². The maximum atomic E-state index is 11.4. The van der Waals surface area contributed by atoms with Gasteiger partial charge in [0.15, 0.2) is 0 Å². The quantitative estimate of drug-likeness (QED) is 0.744. The zero-order valence-electron chi connectivity index (χ0n) is 10.3. The summed E-state index contributed by atoms with van der Waals surface area (Å²) >= 11 is 0. The number of benzene rings is 1. The van der Waals surface area contributed by atoms with Gasteiger partial charge in [-0.3, -0.25) is 4.79 Å². The van der Waals surface area contributed by atoms with Gasteiger partial charge in [0.05, 0.1) is 18.2 Å². The van der Waals surface area contributed by atoms with Gasteiger partial charge in [0.1, 0.15) is 5.75 Å². The van der Waals surface area contributed by atoms with Crippen molar-refractivity contribution in [2.24, 2.45) is 0 Å². The van der Waals surface area contributed by atoms with Gasteiger partial charge in [-0.25, -0.2) is 0 Å². The summed E-state index contributed by atoms with van der Waals surface area (Å²) in [6.45, 7) is 2.25. The summed E-state index contributed by atoms with van der Waals surface area (Å²) in [5.74, 6) is 1.02. The Balaban J connectivity index is 1.68. The van der Waals surface area contributed by atoms with E-state index in [4.69, 9.17) is 10.00 Å². The molecule has 94 valence electrons. The van der Waals surface area contributed by atoms with Crippen LogP contribution in [-0.2, 0) is 4.79 Å². The average molecular weight is 244 g/mol. The Bertz CT molecular complexity index is 448. The predicted octanol–water partition coefficient (Wildman–Crippen LogP) is 1.95. The number of hydrogen-bond acceptors (Lipinski definition) is 3. The number of amides is 1. The molecule has 0 bridgehead atoms. The number of hydrogen-bond donors (Lipinski definition) is 0. The smallest absolute Gasteiger partial charge is 0.222 e. The Hall–Kier alpha value is -2.02. The summed E-state index contributed by atoms with van der Waals surface area (Å²) in [4.78, 5) is 13.3. The first kappa shape index (κ1) is 12.4. The number of nitriles is 1. The lowest BCUT2D eigenvalue weighted by molar-refractivity contribution is -0.127. The summed E-state index contributed by atoms with van der Waals surface area (Å²) in [5.41, 5.74) is 0.630. The van der Waals surface area contributed by atoms with Gasteiger partial charge in [0.2, 0.25) is 5.91 Å². The highest BCUT2D eigenvalue weighted by Gasteiger charge is 2.18. The minimum Gasteiger partial charge on any atom is -0.494 e. The average Bonchev–Trinajstić information content (AvgIpc) is 2.81. The predicted molar refractivity (Wildman–Crippen MR) is 67.1 cm³/mol. The van der Waals surface area contributed by atoms with E-state index in [0.29, 0.717) is 18.6 Å². The SMILES string of the molecule is N#Cc1ccc(OCCCN2CCCC2=O)cc1. The fourth-order valence-corrected chi connectivity index (χ4v) is 2.01. The molecule has 1 aromatic carbocycles. The van der Waals surface area contributed by atoms with Gasteiger partial charge >= 0.3 is 0 Å². The van der Waals surface area contributed by atoms with Crippen LogP contribution in [-0.4, -0.2) is 30.5 Å². The van der Waals surface area contributed by atoms with Crippen molar-refractivity contribution in [2.45, 2.75) is 19.3 Å². The fourth-order valence-electron chi connectivity index (χ4n) is 2.01. The highest BCUT2D eigenvalue weighted by molar-refractivity contribution is 5.77. The van der Waals surface area contributed by atoms with Crippen molar-refractivity contribution < 1.29 is 9.53 Å². The van der Waals surface area contributed by atoms with E-state index in [1.807, 2.05) is 4.90 Å². The number of likely N-dealkylation sites (tertiary alicyclic amines) is 1. The lowest BCUT2D eigenvalue weighted by atomic mass is 10.2. The molecule has 0 saturated carbocycles. The van der Waals surface area contributed by atoms with Crippen LogP contribution in [0, 0.1) is 11.3 Å². The van der Waals surface area contributed by atoms with E-state index < -0.39 is 0 Å². The number of ether oxygens (including phenoxy) is 1. The monoisotopic (exact) mass is 244 g/mol. The Morgan fingerprint density at radius 3 is 2.72 bits per heavy atom. The lowest BCUT2D eigenvalue weighted by Gasteiger charge is -2.15. The molecule has 1 fully saturated rings. The van der Waals surface area contributed by atoms with E-state index in [1.165, 1.54) is 0 Å². The van der Waals surface area contributed by atoms with Crippen LogP contribution in [0.1, 0.15) is 24.8 Å². The summed E-state index contributed by atoms with van der Waals surface area (Å²) < 4.78 is 5.55. The van der Waals surface area contributed by atoms with Gasteiger partial charge in [0, 0.05) is 19.5 Å². The number of nitrogens with zero attached hydrogens (tertiary/aromatic N) is 2. The van der Waals surface area contributed by atoms with Crippen LogP contribution >= 0.6 is 0 Å². The minimum absolute atomic E-state index is 0.258. The first-order valence-electron chi connectivity index (χ1n) is 6.20. The second-order valence-electron chi connectivity index (χ2n) is 4.32. The highest BCUT2D eigenvalue weighted by atomic mass is 16.5. The van der Waals surface area contributed by atoms with Crippen LogP contribution in [0.3, 0.4) is 0 Å². The molecule has 1 aliphatic heterocycles. The highest BCUT2D eigenvalue weighted by Crippen LogP contribution is 2.13. The molecule has 1 amide bonds. The maximum absolute atomic E-state index is 11.4. The third kappa shape index (κ3) is 3.24. The fraction of sp³-hybridized carbons (Fsp3) is 0.429. The normalized spacial score (nSPS) is 14.6. The van der Waals surface area contributed by atoms with E-state index >= 15 is 0 Å². The molecule has 0 aromatic heterocycles. The molecule has 1 aliphatic rings. The largest absolute Gasteiger partial charge is 0.494 e. The molecule has 0 N–H and O–H groups in total. The van der Waals surface area contributed by atoms with Crippen LogP contribution < -0.4 is 4.74 Å². The lowest BCUT2D eigenvalue weighted by Crippen LogP contribution is -2.26. The van der Waals surface area contributed by atoms with E-state index in [0.717, 1.165) is 31.7 Å². The molecule has 0 radical (unpaired) electrons. The first-order chi connectivity index (χ1) is 8.79. The van der Waals surface area contributed by atoms with E-state index in [-0.39, 0.29) is 5.91 Å². The first-order valence-corrected chi connectivity index (χ1v) is 6.20. The van der Waals surface area contributed by atoms with Crippen molar-refractivity contribution in [1.82, 2.24) is 4.90 Å². The van der Waals surface area contributed by atoms with Crippen molar-refractivity contribution in [3.8, 4) is 11.8 Å². The maximum Gasteiger partial charge on any atom is 0.222 e. The van der Waals surface area contributed by atoms with Gasteiger partial charge in [-0.05, 0) is 37.1 Å². The van der Waals surface area contributed by atoms with Gasteiger partial charge in [-0.2, -0.15) is 5.26 Å². The molecule has 1 saturated heterocycles. The molecule has 0 unspecified atom stereocenters. The molecule has 4 nitrogen and oxygen atoms in total. The molecule has 0 atom stereocenters. The van der Waals surface area contributed by atoms with Gasteiger partial charge in [0.25, 0.3) is 0 Å². The van der Waals surface area contributed by atoms with Crippen molar-refractivity contribution >= 4 is 5.91 Å². The van der Waals surface area contributed by atoms with Gasteiger partial charge < -0.3 is 9.64 Å². The summed E-state index contributed by atoms with van der Waals surface area (Å²) in [6, 6.07) is 9.12. The molecular formula is C14H16N2O2. The number of rotatable bonds is 5. The van der Waals surface area contributed by atoms with Crippen LogP contribution in [0.25, 0.3) is 0 Å². The van der Waals surface area contributed by atoms with Crippen LogP contribution in [0.15, 0.2) is 24.3 Å².